The fourth-order valence-corrected chi connectivity index (χ4v) is 2.89. The van der Waals surface area contributed by atoms with Crippen molar-refractivity contribution in [1.82, 2.24) is 5.32 Å². The Kier molecular flexibility index (Phi) is 4.50. The fourth-order valence-electron chi connectivity index (χ4n) is 2.89. The average Bonchev–Trinajstić information content (AvgIpc) is 2.95. The van der Waals surface area contributed by atoms with Crippen LogP contribution in [0.3, 0.4) is 0 Å². The standard InChI is InChI=1S/C20H21F2NO2/c1-20(2,3)14-6-4-12(5-7-14)19(24)23-11-16-9-13-8-15(21)10-17(22)18(13)25-16/h4-8,10,16H,9,11H2,1-3H3,(H,23,24). The molecule has 25 heavy (non-hydrogen) atoms. The Morgan fingerprint density at radius 1 is 1.20 bits per heavy atom. The van der Waals surface area contributed by atoms with Gasteiger partial charge < -0.3 is 10.1 Å². The second kappa shape index (κ2) is 6.47. The Hall–Kier alpha value is -2.43. The molecule has 0 aromatic heterocycles. The highest BCUT2D eigenvalue weighted by atomic mass is 19.1. The molecule has 2 aromatic carbocycles. The van der Waals surface area contributed by atoms with Gasteiger partial charge >= 0.3 is 0 Å². The van der Waals surface area contributed by atoms with Gasteiger partial charge in [0.1, 0.15) is 11.9 Å². The first-order valence-corrected chi connectivity index (χ1v) is 8.27. The number of carbonyl (C=O) groups excluding carboxylic acids is 1. The van der Waals surface area contributed by atoms with Crippen LogP contribution in [-0.4, -0.2) is 18.6 Å². The Balaban J connectivity index is 1.59. The summed E-state index contributed by atoms with van der Waals surface area (Å²) in [7, 11) is 0. The van der Waals surface area contributed by atoms with E-state index < -0.39 is 17.7 Å². The number of ether oxygens (including phenoxy) is 1. The molecule has 1 N–H and O–H groups in total. The first-order valence-electron chi connectivity index (χ1n) is 8.27. The third-order valence-electron chi connectivity index (χ3n) is 4.32. The van der Waals surface area contributed by atoms with Crippen molar-refractivity contribution in [2.75, 3.05) is 6.54 Å². The quantitative estimate of drug-likeness (QED) is 0.913. The molecule has 0 aliphatic carbocycles. The van der Waals surface area contributed by atoms with Gasteiger partial charge in [-0.15, -0.1) is 0 Å². The maximum atomic E-state index is 13.7. The molecule has 1 aliphatic rings. The van der Waals surface area contributed by atoms with Crippen LogP contribution in [-0.2, 0) is 11.8 Å². The van der Waals surface area contributed by atoms with Crippen LogP contribution in [0.15, 0.2) is 36.4 Å². The maximum absolute atomic E-state index is 13.7. The van der Waals surface area contributed by atoms with Crippen LogP contribution in [0, 0.1) is 11.6 Å². The molecule has 2 aromatic rings. The van der Waals surface area contributed by atoms with E-state index in [1.165, 1.54) is 6.07 Å². The van der Waals surface area contributed by atoms with Crippen LogP contribution in [0.5, 0.6) is 5.75 Å². The van der Waals surface area contributed by atoms with Gasteiger partial charge in [-0.2, -0.15) is 0 Å². The SMILES string of the molecule is CC(C)(C)c1ccc(C(=O)NCC2Cc3cc(F)cc(F)c3O2)cc1. The van der Waals surface area contributed by atoms with Crippen LogP contribution >= 0.6 is 0 Å². The number of hydrogen-bond donors (Lipinski definition) is 1. The predicted molar refractivity (Wildman–Crippen MR) is 92.0 cm³/mol. The molecule has 3 nitrogen and oxygen atoms in total. The lowest BCUT2D eigenvalue weighted by atomic mass is 9.87. The zero-order valence-electron chi connectivity index (χ0n) is 14.5. The molecule has 1 unspecified atom stereocenters. The van der Waals surface area contributed by atoms with Crippen molar-refractivity contribution < 1.29 is 18.3 Å². The third-order valence-corrected chi connectivity index (χ3v) is 4.32. The summed E-state index contributed by atoms with van der Waals surface area (Å²) in [5.41, 5.74) is 2.22. The molecular formula is C20H21F2NO2. The zero-order valence-corrected chi connectivity index (χ0v) is 14.5. The lowest BCUT2D eigenvalue weighted by molar-refractivity contribution is 0.0933. The van der Waals surface area contributed by atoms with E-state index in [1.54, 1.807) is 12.1 Å². The van der Waals surface area contributed by atoms with Gasteiger partial charge in [0.05, 0.1) is 6.54 Å². The number of halogens is 2. The van der Waals surface area contributed by atoms with E-state index in [-0.39, 0.29) is 23.6 Å². The van der Waals surface area contributed by atoms with Crippen molar-refractivity contribution in [3.8, 4) is 5.75 Å². The molecule has 0 bridgehead atoms. The number of nitrogens with one attached hydrogen (secondary N) is 1. The minimum absolute atomic E-state index is 0.0256. The summed E-state index contributed by atoms with van der Waals surface area (Å²) >= 11 is 0. The van der Waals surface area contributed by atoms with Crippen LogP contribution in [0.4, 0.5) is 8.78 Å². The minimum Gasteiger partial charge on any atom is -0.485 e. The molecule has 3 rings (SSSR count). The molecule has 5 heteroatoms. The molecule has 0 saturated heterocycles. The van der Waals surface area contributed by atoms with Gasteiger partial charge in [0.25, 0.3) is 5.91 Å². The summed E-state index contributed by atoms with van der Waals surface area (Å²) in [4.78, 5) is 12.3. The Morgan fingerprint density at radius 2 is 1.88 bits per heavy atom. The highest BCUT2D eigenvalue weighted by Crippen LogP contribution is 2.32. The largest absolute Gasteiger partial charge is 0.485 e. The number of carbonyl (C=O) groups is 1. The van der Waals surface area contributed by atoms with Crippen molar-refractivity contribution in [1.29, 1.82) is 0 Å². The minimum atomic E-state index is -0.707. The zero-order chi connectivity index (χ0) is 18.2. The van der Waals surface area contributed by atoms with Crippen LogP contribution < -0.4 is 10.1 Å². The predicted octanol–water partition coefficient (Wildman–Crippen LogP) is 4.00. The van der Waals surface area contributed by atoms with Crippen LogP contribution in [0.25, 0.3) is 0 Å². The summed E-state index contributed by atoms with van der Waals surface area (Å²) in [6.07, 6.45) is -0.0307. The van der Waals surface area contributed by atoms with Crippen LogP contribution in [0.1, 0.15) is 42.3 Å². The van der Waals surface area contributed by atoms with E-state index in [4.69, 9.17) is 4.74 Å². The topological polar surface area (TPSA) is 38.3 Å². The molecule has 0 saturated carbocycles. The summed E-state index contributed by atoms with van der Waals surface area (Å²) in [6, 6.07) is 9.52. The molecule has 1 aliphatic heterocycles. The van der Waals surface area contributed by atoms with E-state index in [1.807, 2.05) is 12.1 Å². The van der Waals surface area contributed by atoms with Crippen LogP contribution in [0.2, 0.25) is 0 Å². The fraction of sp³-hybridized carbons (Fsp3) is 0.350. The number of rotatable bonds is 3. The summed E-state index contributed by atoms with van der Waals surface area (Å²) < 4.78 is 32.4. The van der Waals surface area contributed by atoms with Gasteiger partial charge in [0.15, 0.2) is 11.6 Å². The number of amides is 1. The molecule has 1 amide bonds. The van der Waals surface area contributed by atoms with Crippen molar-refractivity contribution in [3.63, 3.8) is 0 Å². The monoisotopic (exact) mass is 345 g/mol. The van der Waals surface area contributed by atoms with Crippen molar-refractivity contribution in [2.45, 2.75) is 38.7 Å². The molecule has 1 heterocycles. The van der Waals surface area contributed by atoms with Crippen molar-refractivity contribution in [3.05, 3.63) is 64.7 Å². The first-order chi connectivity index (χ1) is 11.7. The van der Waals surface area contributed by atoms with Crippen molar-refractivity contribution >= 4 is 5.91 Å². The molecular weight excluding hydrogens is 324 g/mol. The molecule has 132 valence electrons. The Labute approximate surface area is 146 Å². The smallest absolute Gasteiger partial charge is 0.251 e. The van der Waals surface area contributed by atoms with E-state index in [9.17, 15) is 13.6 Å². The first kappa shape index (κ1) is 17.4. The number of benzene rings is 2. The van der Waals surface area contributed by atoms with E-state index >= 15 is 0 Å². The lowest BCUT2D eigenvalue weighted by Gasteiger charge is -2.19. The van der Waals surface area contributed by atoms with Gasteiger partial charge in [-0.3, -0.25) is 4.79 Å². The second-order valence-corrected chi connectivity index (χ2v) is 7.36. The number of hydrogen-bond acceptors (Lipinski definition) is 2. The van der Waals surface area contributed by atoms with E-state index in [2.05, 4.69) is 26.1 Å². The Bertz CT molecular complexity index is 795. The number of fused-ring (bicyclic) bond motifs is 1. The summed E-state index contributed by atoms with van der Waals surface area (Å²) in [6.45, 7) is 6.56. The second-order valence-electron chi connectivity index (χ2n) is 7.36. The van der Waals surface area contributed by atoms with Crippen molar-refractivity contribution in [2.24, 2.45) is 0 Å². The van der Waals surface area contributed by atoms with Gasteiger partial charge in [0.2, 0.25) is 0 Å². The lowest BCUT2D eigenvalue weighted by Crippen LogP contribution is -2.34. The highest BCUT2D eigenvalue weighted by molar-refractivity contribution is 5.94. The molecule has 0 spiro atoms. The molecule has 0 fully saturated rings. The van der Waals surface area contributed by atoms with Gasteiger partial charge in [-0.25, -0.2) is 8.78 Å². The summed E-state index contributed by atoms with van der Waals surface area (Å²) in [5, 5.41) is 2.79. The third kappa shape index (κ3) is 3.81. The van der Waals surface area contributed by atoms with E-state index in [0.29, 0.717) is 17.5 Å². The molecule has 1 atom stereocenters. The molecule has 0 radical (unpaired) electrons. The normalized spacial score (nSPS) is 16.3. The average molecular weight is 345 g/mol. The maximum Gasteiger partial charge on any atom is 0.251 e. The van der Waals surface area contributed by atoms with Gasteiger partial charge in [-0.05, 0) is 29.2 Å². The summed E-state index contributed by atoms with van der Waals surface area (Å²) in [5.74, 6) is -1.47. The highest BCUT2D eigenvalue weighted by Gasteiger charge is 2.27. The Morgan fingerprint density at radius 3 is 2.52 bits per heavy atom. The van der Waals surface area contributed by atoms with Gasteiger partial charge in [-0.1, -0.05) is 32.9 Å². The van der Waals surface area contributed by atoms with E-state index in [0.717, 1.165) is 11.6 Å². The van der Waals surface area contributed by atoms with Gasteiger partial charge in [0, 0.05) is 23.6 Å².